The largest absolute Gasteiger partial charge is 0.479 e. The molecule has 110 valence electrons. The van der Waals surface area contributed by atoms with Crippen LogP contribution in [0.3, 0.4) is 0 Å². The summed E-state index contributed by atoms with van der Waals surface area (Å²) in [6.07, 6.45) is -1.05. The van der Waals surface area contributed by atoms with E-state index in [-0.39, 0.29) is 18.6 Å². The zero-order chi connectivity index (χ0) is 15.0. The Hall–Kier alpha value is -0.440. The Kier molecular flexibility index (Phi) is 4.88. The molecule has 20 heavy (non-hydrogen) atoms. The number of rotatable bonds is 3. The number of halogens is 2. The van der Waals surface area contributed by atoms with Gasteiger partial charge in [0.05, 0.1) is 3.79 Å². The second-order valence-electron chi connectivity index (χ2n) is 4.68. The molecule has 5 nitrogen and oxygen atoms in total. The number of ether oxygens (including phenoxy) is 1. The van der Waals surface area contributed by atoms with Gasteiger partial charge in [0.1, 0.15) is 12.6 Å². The van der Waals surface area contributed by atoms with Gasteiger partial charge in [0.25, 0.3) is 0 Å². The molecule has 0 saturated carbocycles. The summed E-state index contributed by atoms with van der Waals surface area (Å²) in [6.45, 7) is 3.54. The summed E-state index contributed by atoms with van der Waals surface area (Å²) in [5, 5.41) is 9.35. The number of carbonyl (C=O) groups excluding carboxylic acids is 1. The Morgan fingerprint density at radius 3 is 2.65 bits per heavy atom. The summed E-state index contributed by atoms with van der Waals surface area (Å²) < 4.78 is 6.93. The number of aliphatic carboxylic acids is 1. The number of hydrogen-bond donors (Lipinski definition) is 1. The molecule has 8 heteroatoms. The molecular formula is C12H13Br2NO4S. The van der Waals surface area contributed by atoms with Gasteiger partial charge in [0.15, 0.2) is 6.10 Å². The van der Waals surface area contributed by atoms with Gasteiger partial charge in [-0.25, -0.2) is 4.79 Å². The molecule has 0 aliphatic carbocycles. The minimum Gasteiger partial charge on any atom is -0.479 e. The summed E-state index contributed by atoms with van der Waals surface area (Å²) in [5.74, 6) is -1.25. The van der Waals surface area contributed by atoms with Crippen molar-refractivity contribution in [2.45, 2.75) is 32.0 Å². The first-order chi connectivity index (χ1) is 9.32. The SMILES string of the molecule is CC(C)N1C(=O)COC(C(=O)O)C1c1cc(Br)c(Br)s1. The van der Waals surface area contributed by atoms with Crippen molar-refractivity contribution in [2.75, 3.05) is 6.61 Å². The van der Waals surface area contributed by atoms with Gasteiger partial charge in [-0.3, -0.25) is 4.79 Å². The summed E-state index contributed by atoms with van der Waals surface area (Å²) in [6, 6.07) is 1.12. The number of hydrogen-bond acceptors (Lipinski definition) is 4. The van der Waals surface area contributed by atoms with Crippen LogP contribution in [-0.2, 0) is 14.3 Å². The van der Waals surface area contributed by atoms with Crippen LogP contribution in [0.2, 0.25) is 0 Å². The summed E-state index contributed by atoms with van der Waals surface area (Å²) in [5.41, 5.74) is 0. The molecule has 1 amide bonds. The smallest absolute Gasteiger partial charge is 0.335 e. The average molecular weight is 427 g/mol. The third-order valence-corrected chi connectivity index (χ3v) is 6.34. The lowest BCUT2D eigenvalue weighted by Gasteiger charge is -2.41. The standard InChI is InChI=1S/C12H13Br2NO4S/c1-5(2)15-8(16)4-19-10(12(17)18)9(15)7-3-6(13)11(14)20-7/h3,5,9-10H,4H2,1-2H3,(H,17,18). The lowest BCUT2D eigenvalue weighted by Crippen LogP contribution is -2.54. The summed E-state index contributed by atoms with van der Waals surface area (Å²) in [7, 11) is 0. The second-order valence-corrected chi connectivity index (χ2v) is 7.94. The van der Waals surface area contributed by atoms with Gasteiger partial charge in [0, 0.05) is 15.4 Å². The fourth-order valence-corrected chi connectivity index (χ4v) is 4.45. The monoisotopic (exact) mass is 425 g/mol. The Morgan fingerprint density at radius 2 is 2.20 bits per heavy atom. The van der Waals surface area contributed by atoms with Gasteiger partial charge in [-0.05, 0) is 51.8 Å². The number of carboxylic acids is 1. The first kappa shape index (κ1) is 15.9. The number of carboxylic acid groups (broad SMARTS) is 1. The van der Waals surface area contributed by atoms with Crippen molar-refractivity contribution in [1.82, 2.24) is 4.90 Å². The van der Waals surface area contributed by atoms with Crippen LogP contribution in [0, 0.1) is 0 Å². The van der Waals surface area contributed by atoms with Crippen molar-refractivity contribution in [1.29, 1.82) is 0 Å². The lowest BCUT2D eigenvalue weighted by molar-refractivity contribution is -0.175. The van der Waals surface area contributed by atoms with Crippen LogP contribution in [0.5, 0.6) is 0 Å². The first-order valence-corrected chi connectivity index (χ1v) is 8.33. The van der Waals surface area contributed by atoms with Gasteiger partial charge < -0.3 is 14.7 Å². The maximum absolute atomic E-state index is 12.1. The molecule has 1 N–H and O–H groups in total. The molecule has 2 unspecified atom stereocenters. The molecule has 1 aromatic rings. The summed E-state index contributed by atoms with van der Waals surface area (Å²) in [4.78, 5) is 25.9. The predicted molar refractivity (Wildman–Crippen MR) is 81.8 cm³/mol. The van der Waals surface area contributed by atoms with Crippen LogP contribution in [0.1, 0.15) is 24.8 Å². The maximum atomic E-state index is 12.1. The molecule has 2 heterocycles. The van der Waals surface area contributed by atoms with E-state index in [1.807, 2.05) is 19.9 Å². The highest BCUT2D eigenvalue weighted by atomic mass is 79.9. The van der Waals surface area contributed by atoms with Gasteiger partial charge in [-0.2, -0.15) is 0 Å². The Morgan fingerprint density at radius 1 is 1.55 bits per heavy atom. The van der Waals surface area contributed by atoms with Crippen molar-refractivity contribution in [3.8, 4) is 0 Å². The third-order valence-electron chi connectivity index (χ3n) is 3.02. The fraction of sp³-hybridized carbons (Fsp3) is 0.500. The van der Waals surface area contributed by atoms with Gasteiger partial charge in [-0.15, -0.1) is 11.3 Å². The molecule has 2 atom stereocenters. The Balaban J connectivity index is 2.48. The van der Waals surface area contributed by atoms with Crippen molar-refractivity contribution in [3.05, 3.63) is 19.2 Å². The molecule has 2 rings (SSSR count). The number of morpholine rings is 1. The molecule has 1 saturated heterocycles. The van der Waals surface area contributed by atoms with Crippen LogP contribution >= 0.6 is 43.2 Å². The van der Waals surface area contributed by atoms with E-state index in [2.05, 4.69) is 31.9 Å². The molecule has 0 aromatic carbocycles. The summed E-state index contributed by atoms with van der Waals surface area (Å²) >= 11 is 8.17. The predicted octanol–water partition coefficient (Wildman–Crippen LogP) is 3.03. The van der Waals surface area contributed by atoms with Gasteiger partial charge in [-0.1, -0.05) is 0 Å². The minimum atomic E-state index is -1.06. The third kappa shape index (κ3) is 2.93. The molecular weight excluding hydrogens is 414 g/mol. The van der Waals surface area contributed by atoms with E-state index < -0.39 is 18.1 Å². The number of carbonyl (C=O) groups is 2. The zero-order valence-corrected chi connectivity index (χ0v) is 14.8. The van der Waals surface area contributed by atoms with E-state index in [0.29, 0.717) is 0 Å². The number of nitrogens with zero attached hydrogens (tertiary/aromatic N) is 1. The van der Waals surface area contributed by atoms with Crippen LogP contribution < -0.4 is 0 Å². The van der Waals surface area contributed by atoms with Crippen LogP contribution in [0.15, 0.2) is 14.3 Å². The number of amides is 1. The van der Waals surface area contributed by atoms with E-state index in [0.717, 1.165) is 13.1 Å². The van der Waals surface area contributed by atoms with Crippen molar-refractivity contribution in [3.63, 3.8) is 0 Å². The lowest BCUT2D eigenvalue weighted by atomic mass is 10.0. The van der Waals surface area contributed by atoms with Crippen LogP contribution in [0.4, 0.5) is 0 Å². The molecule has 1 fully saturated rings. The Bertz CT molecular complexity index is 526. The molecule has 0 radical (unpaired) electrons. The van der Waals surface area contributed by atoms with E-state index >= 15 is 0 Å². The molecule has 0 bridgehead atoms. The maximum Gasteiger partial charge on any atom is 0.335 e. The van der Waals surface area contributed by atoms with E-state index in [1.165, 1.54) is 11.3 Å². The van der Waals surface area contributed by atoms with Gasteiger partial charge in [0.2, 0.25) is 5.91 Å². The van der Waals surface area contributed by atoms with E-state index in [9.17, 15) is 14.7 Å². The second kappa shape index (κ2) is 6.13. The highest BCUT2D eigenvalue weighted by molar-refractivity contribution is 9.13. The fourth-order valence-electron chi connectivity index (χ4n) is 2.24. The molecule has 1 aliphatic rings. The van der Waals surface area contributed by atoms with Crippen LogP contribution in [0.25, 0.3) is 0 Å². The highest BCUT2D eigenvalue weighted by Gasteiger charge is 2.43. The normalized spacial score (nSPS) is 23.4. The molecule has 0 spiro atoms. The molecule has 1 aromatic heterocycles. The van der Waals surface area contributed by atoms with Crippen molar-refractivity contribution < 1.29 is 19.4 Å². The zero-order valence-electron chi connectivity index (χ0n) is 10.8. The molecule has 1 aliphatic heterocycles. The topological polar surface area (TPSA) is 66.8 Å². The van der Waals surface area contributed by atoms with Crippen LogP contribution in [-0.4, -0.2) is 40.6 Å². The van der Waals surface area contributed by atoms with E-state index in [4.69, 9.17) is 4.74 Å². The van der Waals surface area contributed by atoms with Gasteiger partial charge >= 0.3 is 5.97 Å². The van der Waals surface area contributed by atoms with E-state index in [1.54, 1.807) is 4.90 Å². The van der Waals surface area contributed by atoms with Crippen molar-refractivity contribution in [2.24, 2.45) is 0 Å². The quantitative estimate of drug-likeness (QED) is 0.806. The minimum absolute atomic E-state index is 0.0992. The first-order valence-electron chi connectivity index (χ1n) is 5.93. The average Bonchev–Trinajstić information content (AvgIpc) is 2.68. The Labute approximate surface area is 137 Å². The van der Waals surface area contributed by atoms with Crippen molar-refractivity contribution >= 4 is 55.1 Å². The number of thiophene rings is 1. The highest BCUT2D eigenvalue weighted by Crippen LogP contribution is 2.41.